The summed E-state index contributed by atoms with van der Waals surface area (Å²) < 4.78 is 7.63. The van der Waals surface area contributed by atoms with Crippen molar-refractivity contribution in [3.63, 3.8) is 0 Å². The molecule has 0 aliphatic carbocycles. The number of pyridine rings is 1. The molecule has 1 N–H and O–H groups in total. The minimum atomic E-state index is 0.252. The highest BCUT2D eigenvalue weighted by atomic mass is 16.5. The summed E-state index contributed by atoms with van der Waals surface area (Å²) in [4.78, 5) is 4.45. The predicted octanol–water partition coefficient (Wildman–Crippen LogP) is 3.71. The summed E-state index contributed by atoms with van der Waals surface area (Å²) in [6.07, 6.45) is 6.49. The average Bonchev–Trinajstić information content (AvgIpc) is 2.94. The highest BCUT2D eigenvalue weighted by Crippen LogP contribution is 2.22. The van der Waals surface area contributed by atoms with Crippen molar-refractivity contribution >= 4 is 0 Å². The molecule has 0 bridgehead atoms. The van der Waals surface area contributed by atoms with Crippen LogP contribution in [-0.4, -0.2) is 21.3 Å². The molecule has 2 rings (SSSR count). The van der Waals surface area contributed by atoms with Crippen molar-refractivity contribution in [1.29, 1.82) is 0 Å². The van der Waals surface area contributed by atoms with Crippen molar-refractivity contribution in [2.75, 3.05) is 6.54 Å². The fourth-order valence-corrected chi connectivity index (χ4v) is 1.97. The summed E-state index contributed by atoms with van der Waals surface area (Å²) in [6.45, 7) is 9.43. The zero-order chi connectivity index (χ0) is 15.2. The first-order valence-corrected chi connectivity index (χ1v) is 7.51. The normalized spacial score (nSPS) is 12.6. The first-order valence-electron chi connectivity index (χ1n) is 7.51. The average molecular weight is 288 g/mol. The Hall–Kier alpha value is -1.88. The van der Waals surface area contributed by atoms with Crippen molar-refractivity contribution in [2.24, 2.45) is 0 Å². The van der Waals surface area contributed by atoms with Gasteiger partial charge in [0.1, 0.15) is 5.75 Å². The van der Waals surface area contributed by atoms with Gasteiger partial charge in [0, 0.05) is 12.1 Å². The van der Waals surface area contributed by atoms with Crippen LogP contribution in [0.15, 0.2) is 30.7 Å². The van der Waals surface area contributed by atoms with E-state index < -0.39 is 0 Å². The van der Waals surface area contributed by atoms with Gasteiger partial charge in [-0.1, -0.05) is 6.92 Å². The Kier molecular flexibility index (Phi) is 5.33. The number of hydrogen-bond acceptors (Lipinski definition) is 4. The second kappa shape index (κ2) is 7.22. The number of nitrogens with one attached hydrogen (secondary N) is 1. The molecule has 0 aliphatic heterocycles. The second-order valence-corrected chi connectivity index (χ2v) is 5.45. The minimum Gasteiger partial charge on any atom is -0.452 e. The largest absolute Gasteiger partial charge is 0.452 e. The summed E-state index contributed by atoms with van der Waals surface area (Å²) in [6, 6.07) is 4.52. The van der Waals surface area contributed by atoms with Gasteiger partial charge in [-0.25, -0.2) is 0 Å². The molecule has 0 fully saturated rings. The lowest BCUT2D eigenvalue weighted by Gasteiger charge is -2.12. The lowest BCUT2D eigenvalue weighted by atomic mass is 10.2. The summed E-state index contributed by atoms with van der Waals surface area (Å²) in [5.74, 6) is 1.46. The maximum atomic E-state index is 5.76. The van der Waals surface area contributed by atoms with E-state index in [0.717, 1.165) is 30.2 Å². The number of hydrogen-bond donors (Lipinski definition) is 1. The third kappa shape index (κ3) is 4.29. The second-order valence-electron chi connectivity index (χ2n) is 5.45. The van der Waals surface area contributed by atoms with E-state index in [9.17, 15) is 0 Å². The van der Waals surface area contributed by atoms with Crippen molar-refractivity contribution in [3.05, 3.63) is 36.4 Å². The number of ether oxygens (including phenoxy) is 1. The highest BCUT2D eigenvalue weighted by molar-refractivity contribution is 5.27. The van der Waals surface area contributed by atoms with Crippen LogP contribution in [0.2, 0.25) is 0 Å². The van der Waals surface area contributed by atoms with Gasteiger partial charge in [-0.05, 0) is 45.9 Å². The first kappa shape index (κ1) is 15.5. The Labute approximate surface area is 126 Å². The molecule has 0 amide bonds. The first-order chi connectivity index (χ1) is 10.1. The van der Waals surface area contributed by atoms with Gasteiger partial charge in [0.15, 0.2) is 5.75 Å². The van der Waals surface area contributed by atoms with Crippen molar-refractivity contribution in [3.8, 4) is 11.5 Å². The minimum absolute atomic E-state index is 0.252. The third-order valence-electron chi connectivity index (χ3n) is 3.25. The maximum absolute atomic E-state index is 5.76. The molecule has 0 radical (unpaired) electrons. The quantitative estimate of drug-likeness (QED) is 0.843. The lowest BCUT2D eigenvalue weighted by molar-refractivity contribution is 0.473. The highest BCUT2D eigenvalue weighted by Gasteiger charge is 2.07. The molecule has 2 heterocycles. The van der Waals surface area contributed by atoms with Gasteiger partial charge in [-0.15, -0.1) is 0 Å². The van der Waals surface area contributed by atoms with Gasteiger partial charge < -0.3 is 10.1 Å². The van der Waals surface area contributed by atoms with Crippen molar-refractivity contribution in [1.82, 2.24) is 20.1 Å². The van der Waals surface area contributed by atoms with Crippen molar-refractivity contribution < 1.29 is 4.74 Å². The smallest absolute Gasteiger partial charge is 0.165 e. The van der Waals surface area contributed by atoms with Crippen LogP contribution in [-0.2, 0) is 0 Å². The molecule has 0 saturated carbocycles. The van der Waals surface area contributed by atoms with Crippen LogP contribution in [0.4, 0.5) is 0 Å². The zero-order valence-electron chi connectivity index (χ0n) is 13.2. The van der Waals surface area contributed by atoms with Gasteiger partial charge >= 0.3 is 0 Å². The third-order valence-corrected chi connectivity index (χ3v) is 3.25. The monoisotopic (exact) mass is 288 g/mol. The van der Waals surface area contributed by atoms with Crippen LogP contribution in [0.25, 0.3) is 0 Å². The van der Waals surface area contributed by atoms with E-state index >= 15 is 0 Å². The SMILES string of the molecule is CCCNC(C)c1ccc(Oc2cnn(C(C)C)c2)cn1. The maximum Gasteiger partial charge on any atom is 0.165 e. The molecule has 0 saturated heterocycles. The molecule has 1 unspecified atom stereocenters. The Balaban J connectivity index is 1.98. The van der Waals surface area contributed by atoms with Gasteiger partial charge in [0.25, 0.3) is 0 Å². The van der Waals surface area contributed by atoms with Gasteiger partial charge in [0.05, 0.1) is 24.3 Å². The summed E-state index contributed by atoms with van der Waals surface area (Å²) in [5, 5.41) is 7.67. The van der Waals surface area contributed by atoms with E-state index in [2.05, 4.69) is 43.1 Å². The summed E-state index contributed by atoms with van der Waals surface area (Å²) in [7, 11) is 0. The van der Waals surface area contributed by atoms with Gasteiger partial charge in [0.2, 0.25) is 0 Å². The van der Waals surface area contributed by atoms with E-state index in [0.29, 0.717) is 6.04 Å². The van der Waals surface area contributed by atoms with Gasteiger partial charge in [-0.2, -0.15) is 5.10 Å². The molecular weight excluding hydrogens is 264 g/mol. The van der Waals surface area contributed by atoms with Gasteiger partial charge in [-0.3, -0.25) is 9.67 Å². The molecular formula is C16H24N4O. The van der Waals surface area contributed by atoms with Crippen LogP contribution in [0.3, 0.4) is 0 Å². The Morgan fingerprint density at radius 2 is 2.00 bits per heavy atom. The molecule has 0 aromatic carbocycles. The zero-order valence-corrected chi connectivity index (χ0v) is 13.2. The molecule has 5 heteroatoms. The van der Waals surface area contributed by atoms with E-state index in [1.807, 2.05) is 23.0 Å². The Bertz CT molecular complexity index is 548. The van der Waals surface area contributed by atoms with Crippen LogP contribution in [0.1, 0.15) is 51.9 Å². The van der Waals surface area contributed by atoms with Crippen LogP contribution < -0.4 is 10.1 Å². The molecule has 21 heavy (non-hydrogen) atoms. The molecule has 0 spiro atoms. The fraction of sp³-hybridized carbons (Fsp3) is 0.500. The Morgan fingerprint density at radius 1 is 1.19 bits per heavy atom. The van der Waals surface area contributed by atoms with E-state index in [-0.39, 0.29) is 6.04 Å². The molecule has 5 nitrogen and oxygen atoms in total. The topological polar surface area (TPSA) is 52.0 Å². The van der Waals surface area contributed by atoms with Crippen LogP contribution in [0, 0.1) is 0 Å². The number of rotatable bonds is 7. The molecule has 114 valence electrons. The predicted molar refractivity (Wildman–Crippen MR) is 83.6 cm³/mol. The molecule has 0 aliphatic rings. The molecule has 1 atom stereocenters. The van der Waals surface area contributed by atoms with Crippen molar-refractivity contribution in [2.45, 2.75) is 46.2 Å². The Morgan fingerprint density at radius 3 is 2.57 bits per heavy atom. The van der Waals surface area contributed by atoms with E-state index in [4.69, 9.17) is 4.74 Å². The van der Waals surface area contributed by atoms with Crippen LogP contribution in [0.5, 0.6) is 11.5 Å². The van der Waals surface area contributed by atoms with E-state index in [1.54, 1.807) is 12.4 Å². The molecule has 2 aromatic heterocycles. The lowest BCUT2D eigenvalue weighted by Crippen LogP contribution is -2.20. The summed E-state index contributed by atoms with van der Waals surface area (Å²) >= 11 is 0. The van der Waals surface area contributed by atoms with E-state index in [1.165, 1.54) is 0 Å². The summed E-state index contributed by atoms with van der Waals surface area (Å²) in [5.41, 5.74) is 1.02. The number of nitrogens with zero attached hydrogens (tertiary/aromatic N) is 3. The fourth-order valence-electron chi connectivity index (χ4n) is 1.97. The standard InChI is InChI=1S/C16H24N4O/c1-5-8-17-13(4)16-7-6-14(9-18-16)21-15-10-19-20(11-15)12(2)3/h6-7,9-13,17H,5,8H2,1-4H3. The van der Waals surface area contributed by atoms with Crippen LogP contribution >= 0.6 is 0 Å². The molecule has 2 aromatic rings. The number of aromatic nitrogens is 3.